The van der Waals surface area contributed by atoms with Crippen molar-refractivity contribution in [1.29, 1.82) is 0 Å². The minimum atomic E-state index is -5.08. The van der Waals surface area contributed by atoms with Crippen LogP contribution in [0.1, 0.15) is 44.6 Å². The van der Waals surface area contributed by atoms with E-state index < -0.39 is 22.2 Å². The van der Waals surface area contributed by atoms with Crippen molar-refractivity contribution in [2.45, 2.75) is 62.6 Å². The van der Waals surface area contributed by atoms with Crippen molar-refractivity contribution < 1.29 is 31.5 Å². The van der Waals surface area contributed by atoms with E-state index in [2.05, 4.69) is 36.1 Å². The highest BCUT2D eigenvalue weighted by Gasteiger charge is 2.38. The van der Waals surface area contributed by atoms with Gasteiger partial charge in [-0.15, -0.1) is 0 Å². The van der Waals surface area contributed by atoms with Crippen molar-refractivity contribution in [1.82, 2.24) is 9.21 Å². The molecule has 1 N–H and O–H groups in total. The molecule has 0 aliphatic carbocycles. The average molecular weight is 527 g/mol. The van der Waals surface area contributed by atoms with Gasteiger partial charge in [0.2, 0.25) is 10.0 Å². The highest BCUT2D eigenvalue weighted by atomic mass is 32.2. The smallest absolute Gasteiger partial charge is 0.475 e. The van der Waals surface area contributed by atoms with Gasteiger partial charge in [-0.2, -0.15) is 17.5 Å². The van der Waals surface area contributed by atoms with E-state index in [-0.39, 0.29) is 0 Å². The summed E-state index contributed by atoms with van der Waals surface area (Å²) in [5.41, 5.74) is 3.55. The van der Waals surface area contributed by atoms with Crippen LogP contribution in [0.5, 0.6) is 0 Å². The standard InChI is InChI=1S/C24H32N2O2S.C2HF3O2/c1-20-6-5-16-25(20)19-15-21-7-9-22(10-8-21)23-11-13-24(14-12-23)29(27,28)26-17-3-2-4-18-26;3-2(4,5)1(6)7/h7-14,20H,2-6,15-19H2,1H3;(H,6,7)/t20-;/m1./s1. The molecule has 0 amide bonds. The molecule has 0 spiro atoms. The molecule has 2 aliphatic heterocycles. The number of carboxylic acids is 1. The van der Waals surface area contributed by atoms with E-state index in [1.807, 2.05) is 12.1 Å². The topological polar surface area (TPSA) is 77.9 Å². The van der Waals surface area contributed by atoms with Crippen molar-refractivity contribution in [3.05, 3.63) is 54.1 Å². The lowest BCUT2D eigenvalue weighted by Crippen LogP contribution is -2.35. The van der Waals surface area contributed by atoms with Crippen LogP contribution in [0.4, 0.5) is 13.2 Å². The van der Waals surface area contributed by atoms with E-state index in [9.17, 15) is 21.6 Å². The minimum absolute atomic E-state index is 0.402. The maximum absolute atomic E-state index is 12.8. The number of sulfonamides is 1. The Morgan fingerprint density at radius 2 is 1.44 bits per heavy atom. The van der Waals surface area contributed by atoms with Gasteiger partial charge in [0.25, 0.3) is 0 Å². The van der Waals surface area contributed by atoms with Gasteiger partial charge >= 0.3 is 12.1 Å². The summed E-state index contributed by atoms with van der Waals surface area (Å²) >= 11 is 0. The van der Waals surface area contributed by atoms with Crippen LogP contribution in [-0.4, -0.2) is 67.1 Å². The van der Waals surface area contributed by atoms with Gasteiger partial charge in [-0.3, -0.25) is 0 Å². The molecule has 0 saturated carbocycles. The van der Waals surface area contributed by atoms with E-state index in [1.54, 1.807) is 16.4 Å². The highest BCUT2D eigenvalue weighted by molar-refractivity contribution is 7.89. The van der Waals surface area contributed by atoms with Crippen molar-refractivity contribution >= 4 is 16.0 Å². The summed E-state index contributed by atoms with van der Waals surface area (Å²) in [6, 6.07) is 16.8. The van der Waals surface area contributed by atoms with Gasteiger partial charge in [0.15, 0.2) is 0 Å². The zero-order valence-electron chi connectivity index (χ0n) is 20.4. The Balaban J connectivity index is 0.000000454. The Labute approximate surface area is 210 Å². The summed E-state index contributed by atoms with van der Waals surface area (Å²) in [6.45, 7) is 5.96. The van der Waals surface area contributed by atoms with Crippen molar-refractivity contribution in [2.75, 3.05) is 26.2 Å². The molecule has 0 bridgehead atoms. The second-order valence-electron chi connectivity index (χ2n) is 9.27. The molecule has 0 radical (unpaired) electrons. The van der Waals surface area contributed by atoms with Crippen LogP contribution in [0.15, 0.2) is 53.4 Å². The quantitative estimate of drug-likeness (QED) is 0.561. The number of hydrogen-bond donors (Lipinski definition) is 1. The van der Waals surface area contributed by atoms with Crippen LogP contribution < -0.4 is 0 Å². The zero-order valence-corrected chi connectivity index (χ0v) is 21.2. The molecule has 10 heteroatoms. The zero-order chi connectivity index (χ0) is 26.3. The first-order valence-corrected chi connectivity index (χ1v) is 13.7. The number of carboxylic acid groups (broad SMARTS) is 1. The summed E-state index contributed by atoms with van der Waals surface area (Å²) in [4.78, 5) is 11.9. The second-order valence-corrected chi connectivity index (χ2v) is 11.2. The Bertz CT molecular complexity index is 1100. The Morgan fingerprint density at radius 3 is 1.92 bits per heavy atom. The third-order valence-electron chi connectivity index (χ3n) is 6.72. The van der Waals surface area contributed by atoms with E-state index >= 15 is 0 Å². The number of rotatable bonds is 6. The number of nitrogens with zero attached hydrogens (tertiary/aromatic N) is 2. The van der Waals surface area contributed by atoms with E-state index in [4.69, 9.17) is 9.90 Å². The second kappa shape index (κ2) is 12.2. The van der Waals surface area contributed by atoms with Crippen LogP contribution in [0.3, 0.4) is 0 Å². The Morgan fingerprint density at radius 1 is 0.917 bits per heavy atom. The fourth-order valence-electron chi connectivity index (χ4n) is 4.54. The molecule has 0 aromatic heterocycles. The molecule has 6 nitrogen and oxygen atoms in total. The van der Waals surface area contributed by atoms with Crippen molar-refractivity contribution in [2.24, 2.45) is 0 Å². The lowest BCUT2D eigenvalue weighted by molar-refractivity contribution is -0.192. The number of halogens is 3. The number of hydrogen-bond acceptors (Lipinski definition) is 4. The van der Waals surface area contributed by atoms with E-state index in [0.717, 1.165) is 43.4 Å². The van der Waals surface area contributed by atoms with Crippen LogP contribution in [0.2, 0.25) is 0 Å². The molecule has 0 unspecified atom stereocenters. The van der Waals surface area contributed by atoms with Crippen molar-refractivity contribution in [3.8, 4) is 11.1 Å². The Kier molecular flexibility index (Phi) is 9.54. The molecular formula is C26H33F3N2O4S. The minimum Gasteiger partial charge on any atom is -0.475 e. The van der Waals surface area contributed by atoms with Crippen LogP contribution >= 0.6 is 0 Å². The van der Waals surface area contributed by atoms with Gasteiger partial charge in [-0.05, 0) is 74.4 Å². The number of likely N-dealkylation sites (tertiary alicyclic amines) is 1. The first-order chi connectivity index (χ1) is 17.0. The maximum atomic E-state index is 12.8. The maximum Gasteiger partial charge on any atom is 0.490 e. The van der Waals surface area contributed by atoms with E-state index in [1.165, 1.54) is 24.9 Å². The Hall–Kier alpha value is -2.43. The first kappa shape index (κ1) is 28.1. The molecule has 1 atom stereocenters. The SMILES string of the molecule is C[C@@H]1CCCN1CCc1ccc(-c2ccc(S(=O)(=O)N3CCCCC3)cc2)cc1.O=C(O)C(F)(F)F. The fraction of sp³-hybridized carbons (Fsp3) is 0.500. The third kappa shape index (κ3) is 7.54. The number of piperidine rings is 1. The van der Waals surface area contributed by atoms with Crippen LogP contribution in [0, 0.1) is 0 Å². The van der Waals surface area contributed by atoms with Gasteiger partial charge in [0, 0.05) is 25.7 Å². The molecule has 2 aliphatic rings. The largest absolute Gasteiger partial charge is 0.490 e. The van der Waals surface area contributed by atoms with Gasteiger partial charge in [0.1, 0.15) is 0 Å². The average Bonchev–Trinajstić information content (AvgIpc) is 3.28. The summed E-state index contributed by atoms with van der Waals surface area (Å²) in [5.74, 6) is -2.76. The molecular weight excluding hydrogens is 493 g/mol. The molecule has 4 rings (SSSR count). The summed E-state index contributed by atoms with van der Waals surface area (Å²) in [7, 11) is -3.36. The summed E-state index contributed by atoms with van der Waals surface area (Å²) in [6.07, 6.45) is 1.68. The van der Waals surface area contributed by atoms with Crippen LogP contribution in [0.25, 0.3) is 11.1 Å². The normalized spacial score (nSPS) is 19.5. The monoisotopic (exact) mass is 526 g/mol. The number of carbonyl (C=O) groups is 1. The summed E-state index contributed by atoms with van der Waals surface area (Å²) < 4.78 is 59.0. The molecule has 2 fully saturated rings. The lowest BCUT2D eigenvalue weighted by atomic mass is 10.0. The molecule has 198 valence electrons. The van der Waals surface area contributed by atoms with Gasteiger partial charge < -0.3 is 10.0 Å². The molecule has 2 aromatic carbocycles. The van der Waals surface area contributed by atoms with E-state index in [0.29, 0.717) is 24.0 Å². The van der Waals surface area contributed by atoms with Crippen molar-refractivity contribution in [3.63, 3.8) is 0 Å². The number of aliphatic carboxylic acids is 1. The lowest BCUT2D eigenvalue weighted by Gasteiger charge is -2.25. The fourth-order valence-corrected chi connectivity index (χ4v) is 6.05. The molecule has 2 aromatic rings. The number of alkyl halides is 3. The third-order valence-corrected chi connectivity index (χ3v) is 8.63. The van der Waals surface area contributed by atoms with Crippen LogP contribution in [-0.2, 0) is 21.2 Å². The van der Waals surface area contributed by atoms with Gasteiger partial charge in [-0.1, -0.05) is 42.8 Å². The van der Waals surface area contributed by atoms with Gasteiger partial charge in [0.05, 0.1) is 4.90 Å². The summed E-state index contributed by atoms with van der Waals surface area (Å²) in [5, 5.41) is 7.12. The predicted octanol–water partition coefficient (Wildman–Crippen LogP) is 5.19. The molecule has 2 heterocycles. The first-order valence-electron chi connectivity index (χ1n) is 12.2. The number of benzene rings is 2. The van der Waals surface area contributed by atoms with Gasteiger partial charge in [-0.25, -0.2) is 13.2 Å². The predicted molar refractivity (Wildman–Crippen MR) is 132 cm³/mol. The highest BCUT2D eigenvalue weighted by Crippen LogP contribution is 2.25. The molecule has 36 heavy (non-hydrogen) atoms. The molecule has 2 saturated heterocycles.